The molecule has 2 atom stereocenters. The molecule has 0 bridgehead atoms. The van der Waals surface area contributed by atoms with Gasteiger partial charge in [0.05, 0.1) is 12.1 Å². The van der Waals surface area contributed by atoms with Crippen molar-refractivity contribution in [2.45, 2.75) is 32.4 Å². The second-order valence-corrected chi connectivity index (χ2v) is 4.19. The summed E-state index contributed by atoms with van der Waals surface area (Å²) >= 11 is 0. The van der Waals surface area contributed by atoms with E-state index in [0.717, 1.165) is 17.9 Å². The number of rotatable bonds is 4. The number of ether oxygens (including phenoxy) is 2. The van der Waals surface area contributed by atoms with E-state index in [1.807, 2.05) is 19.2 Å². The van der Waals surface area contributed by atoms with Crippen LogP contribution in [0, 0.1) is 0 Å². The Morgan fingerprint density at radius 3 is 3.06 bits per heavy atom. The molecule has 0 spiro atoms. The molecule has 2 rings (SSSR count). The normalized spacial score (nSPS) is 20.1. The molecular weight excluding hydrogens is 202 g/mol. The summed E-state index contributed by atoms with van der Waals surface area (Å²) in [6.07, 6.45) is 1.26. The summed E-state index contributed by atoms with van der Waals surface area (Å²) in [5.74, 6) is 1.84. The van der Waals surface area contributed by atoms with Gasteiger partial charge in [0, 0.05) is 11.6 Å². The van der Waals surface area contributed by atoms with Gasteiger partial charge in [-0.15, -0.1) is 0 Å². The van der Waals surface area contributed by atoms with Crippen LogP contribution in [0.3, 0.4) is 0 Å². The average molecular weight is 221 g/mol. The van der Waals surface area contributed by atoms with Crippen LogP contribution in [0.15, 0.2) is 18.2 Å². The maximum absolute atomic E-state index is 5.76. The van der Waals surface area contributed by atoms with Crippen LogP contribution in [0.2, 0.25) is 0 Å². The highest BCUT2D eigenvalue weighted by Gasteiger charge is 2.22. The zero-order valence-corrected chi connectivity index (χ0v) is 10.1. The molecule has 0 radical (unpaired) electrons. The summed E-state index contributed by atoms with van der Waals surface area (Å²) in [7, 11) is 1.95. The highest BCUT2D eigenvalue weighted by molar-refractivity contribution is 5.45. The smallest absolute Gasteiger partial charge is 0.127 e. The second kappa shape index (κ2) is 4.74. The molecule has 0 saturated carbocycles. The fraction of sp³-hybridized carbons (Fsp3) is 0.538. The average Bonchev–Trinajstić information content (AvgIpc) is 2.71. The van der Waals surface area contributed by atoms with Crippen LogP contribution in [0.5, 0.6) is 11.5 Å². The van der Waals surface area contributed by atoms with E-state index in [4.69, 9.17) is 9.47 Å². The van der Waals surface area contributed by atoms with Crippen LogP contribution in [0.1, 0.15) is 31.9 Å². The monoisotopic (exact) mass is 221 g/mol. The van der Waals surface area contributed by atoms with Gasteiger partial charge in [-0.25, -0.2) is 0 Å². The zero-order valence-electron chi connectivity index (χ0n) is 10.1. The maximum Gasteiger partial charge on any atom is 0.127 e. The summed E-state index contributed by atoms with van der Waals surface area (Å²) in [6.45, 7) is 4.90. The molecule has 0 fully saturated rings. The predicted molar refractivity (Wildman–Crippen MR) is 64.1 cm³/mol. The van der Waals surface area contributed by atoms with Crippen molar-refractivity contribution in [2.75, 3.05) is 13.7 Å². The highest BCUT2D eigenvalue weighted by Crippen LogP contribution is 2.35. The number of fused-ring (bicyclic) bond motifs is 1. The van der Waals surface area contributed by atoms with Crippen LogP contribution >= 0.6 is 0 Å². The van der Waals surface area contributed by atoms with Gasteiger partial charge in [0.1, 0.15) is 18.1 Å². The van der Waals surface area contributed by atoms with Gasteiger partial charge in [-0.3, -0.25) is 0 Å². The quantitative estimate of drug-likeness (QED) is 0.847. The third-order valence-electron chi connectivity index (χ3n) is 3.03. The van der Waals surface area contributed by atoms with Crippen molar-refractivity contribution < 1.29 is 9.47 Å². The van der Waals surface area contributed by atoms with Crippen molar-refractivity contribution in [3.8, 4) is 11.5 Å². The minimum atomic E-state index is 0.250. The van der Waals surface area contributed by atoms with Crippen molar-refractivity contribution in [3.63, 3.8) is 0 Å². The Kier molecular flexibility index (Phi) is 3.34. The lowest BCUT2D eigenvalue weighted by atomic mass is 10.1. The minimum Gasteiger partial charge on any atom is -0.491 e. The Balaban J connectivity index is 2.15. The molecule has 3 nitrogen and oxygen atoms in total. The first-order valence-corrected chi connectivity index (χ1v) is 5.85. The van der Waals surface area contributed by atoms with Gasteiger partial charge in [0.25, 0.3) is 0 Å². The molecule has 0 aliphatic carbocycles. The molecule has 1 heterocycles. The lowest BCUT2D eigenvalue weighted by Gasteiger charge is -2.13. The molecular formula is C13H19NO2. The number of nitrogens with one attached hydrogen (secondary N) is 1. The molecule has 1 aromatic rings. The van der Waals surface area contributed by atoms with E-state index in [9.17, 15) is 0 Å². The Morgan fingerprint density at radius 1 is 1.56 bits per heavy atom. The van der Waals surface area contributed by atoms with Crippen molar-refractivity contribution in [2.24, 2.45) is 0 Å². The first-order chi connectivity index (χ1) is 7.74. The predicted octanol–water partition coefficient (Wildman–Crippen LogP) is 2.52. The first kappa shape index (κ1) is 11.3. The van der Waals surface area contributed by atoms with E-state index in [0.29, 0.717) is 12.6 Å². The van der Waals surface area contributed by atoms with Gasteiger partial charge < -0.3 is 14.8 Å². The largest absolute Gasteiger partial charge is 0.491 e. The van der Waals surface area contributed by atoms with E-state index < -0.39 is 0 Å². The van der Waals surface area contributed by atoms with E-state index in [-0.39, 0.29) is 6.10 Å². The SMILES string of the molecule is CCC(C)Oc1ccc2c(c1)OCC2NC. The Hall–Kier alpha value is -1.22. The minimum absolute atomic E-state index is 0.250. The van der Waals surface area contributed by atoms with E-state index in [2.05, 4.69) is 25.2 Å². The second-order valence-electron chi connectivity index (χ2n) is 4.19. The van der Waals surface area contributed by atoms with Crippen molar-refractivity contribution in [1.29, 1.82) is 0 Å². The van der Waals surface area contributed by atoms with Gasteiger partial charge in [-0.05, 0) is 32.5 Å². The molecule has 0 amide bonds. The molecule has 0 aromatic heterocycles. The van der Waals surface area contributed by atoms with E-state index in [1.165, 1.54) is 5.56 Å². The van der Waals surface area contributed by atoms with Gasteiger partial charge in [-0.2, -0.15) is 0 Å². The Morgan fingerprint density at radius 2 is 2.38 bits per heavy atom. The molecule has 2 unspecified atom stereocenters. The molecule has 1 aromatic carbocycles. The van der Waals surface area contributed by atoms with Crippen LogP contribution in [-0.4, -0.2) is 19.8 Å². The Labute approximate surface area is 96.8 Å². The summed E-state index contributed by atoms with van der Waals surface area (Å²) in [5, 5.41) is 3.23. The molecule has 1 aliphatic heterocycles. The summed E-state index contributed by atoms with van der Waals surface area (Å²) in [4.78, 5) is 0. The van der Waals surface area contributed by atoms with Gasteiger partial charge in [0.15, 0.2) is 0 Å². The molecule has 1 N–H and O–H groups in total. The topological polar surface area (TPSA) is 30.5 Å². The molecule has 16 heavy (non-hydrogen) atoms. The van der Waals surface area contributed by atoms with Crippen molar-refractivity contribution in [1.82, 2.24) is 5.32 Å². The van der Waals surface area contributed by atoms with Gasteiger partial charge in [-0.1, -0.05) is 6.92 Å². The van der Waals surface area contributed by atoms with Crippen molar-refractivity contribution >= 4 is 0 Å². The summed E-state index contributed by atoms with van der Waals surface area (Å²) < 4.78 is 11.4. The van der Waals surface area contributed by atoms with Gasteiger partial charge >= 0.3 is 0 Å². The van der Waals surface area contributed by atoms with Crippen LogP contribution in [0.4, 0.5) is 0 Å². The number of hydrogen-bond donors (Lipinski definition) is 1. The molecule has 0 saturated heterocycles. The third-order valence-corrected chi connectivity index (χ3v) is 3.03. The first-order valence-electron chi connectivity index (χ1n) is 5.85. The summed E-state index contributed by atoms with van der Waals surface area (Å²) in [6, 6.07) is 6.40. The maximum atomic E-state index is 5.76. The van der Waals surface area contributed by atoms with E-state index >= 15 is 0 Å². The fourth-order valence-electron chi connectivity index (χ4n) is 1.82. The van der Waals surface area contributed by atoms with Crippen LogP contribution in [-0.2, 0) is 0 Å². The van der Waals surface area contributed by atoms with Crippen LogP contribution in [0.25, 0.3) is 0 Å². The van der Waals surface area contributed by atoms with Crippen LogP contribution < -0.4 is 14.8 Å². The fourth-order valence-corrected chi connectivity index (χ4v) is 1.82. The third kappa shape index (κ3) is 2.14. The molecule has 1 aliphatic rings. The van der Waals surface area contributed by atoms with Crippen molar-refractivity contribution in [3.05, 3.63) is 23.8 Å². The zero-order chi connectivity index (χ0) is 11.5. The number of hydrogen-bond acceptors (Lipinski definition) is 3. The molecule has 3 heteroatoms. The Bertz CT molecular complexity index is 365. The lowest BCUT2D eigenvalue weighted by Crippen LogP contribution is -2.17. The highest BCUT2D eigenvalue weighted by atomic mass is 16.5. The standard InChI is InChI=1S/C13H19NO2/c1-4-9(2)16-10-5-6-11-12(14-3)8-15-13(11)7-10/h5-7,9,12,14H,4,8H2,1-3H3. The van der Waals surface area contributed by atoms with E-state index in [1.54, 1.807) is 0 Å². The van der Waals surface area contributed by atoms with Gasteiger partial charge in [0.2, 0.25) is 0 Å². The summed E-state index contributed by atoms with van der Waals surface area (Å²) in [5.41, 5.74) is 1.22. The molecule has 88 valence electrons. The lowest BCUT2D eigenvalue weighted by molar-refractivity contribution is 0.216. The number of benzene rings is 1. The number of likely N-dealkylation sites (N-methyl/N-ethyl adjacent to an activating group) is 1.